The van der Waals surface area contributed by atoms with Gasteiger partial charge in [0, 0.05) is 18.5 Å². The molecule has 128 valence electrons. The highest BCUT2D eigenvalue weighted by atomic mass is 16.4. The van der Waals surface area contributed by atoms with Crippen LogP contribution in [0.15, 0.2) is 34.7 Å². The maximum atomic E-state index is 12.0. The van der Waals surface area contributed by atoms with Gasteiger partial charge in [0.15, 0.2) is 0 Å². The minimum atomic E-state index is -0.547. The average Bonchev–Trinajstić information content (AvgIpc) is 3.36. The van der Waals surface area contributed by atoms with Crippen LogP contribution in [-0.2, 0) is 6.42 Å². The summed E-state index contributed by atoms with van der Waals surface area (Å²) in [7, 11) is 0. The van der Waals surface area contributed by atoms with Gasteiger partial charge in [-0.05, 0) is 37.8 Å². The molecule has 0 spiro atoms. The Morgan fingerprint density at radius 1 is 1.33 bits per heavy atom. The second-order valence-corrected chi connectivity index (χ2v) is 6.35. The van der Waals surface area contributed by atoms with E-state index in [9.17, 15) is 9.90 Å². The van der Waals surface area contributed by atoms with E-state index in [1.165, 1.54) is 0 Å². The van der Waals surface area contributed by atoms with Gasteiger partial charge in [0.25, 0.3) is 0 Å². The van der Waals surface area contributed by atoms with Crippen molar-refractivity contribution in [2.75, 3.05) is 13.2 Å². The molecule has 1 fully saturated rings. The van der Waals surface area contributed by atoms with Crippen LogP contribution in [0.25, 0.3) is 11.5 Å². The van der Waals surface area contributed by atoms with Gasteiger partial charge in [-0.3, -0.25) is 0 Å². The number of nitrogens with zero attached hydrogens (tertiary/aromatic N) is 2. The predicted octanol–water partition coefficient (Wildman–Crippen LogP) is 1.74. The molecule has 3 N–H and O–H groups in total. The van der Waals surface area contributed by atoms with Crippen LogP contribution in [0.3, 0.4) is 0 Å². The van der Waals surface area contributed by atoms with Crippen LogP contribution in [0.4, 0.5) is 4.79 Å². The summed E-state index contributed by atoms with van der Waals surface area (Å²) in [4.78, 5) is 12.0. The number of aromatic nitrogens is 2. The number of urea groups is 1. The van der Waals surface area contributed by atoms with E-state index >= 15 is 0 Å². The Bertz CT molecular complexity index is 684. The topological polar surface area (TPSA) is 100 Å². The van der Waals surface area contributed by atoms with Crippen molar-refractivity contribution < 1.29 is 14.3 Å². The Hall–Kier alpha value is -2.41. The van der Waals surface area contributed by atoms with Gasteiger partial charge in [0.2, 0.25) is 11.8 Å². The normalized spacial score (nSPS) is 16.4. The molecule has 1 aromatic heterocycles. The highest BCUT2D eigenvalue weighted by Gasteiger charge is 2.42. The fraction of sp³-hybridized carbons (Fsp3) is 0.471. The van der Waals surface area contributed by atoms with E-state index in [0.29, 0.717) is 30.7 Å². The minimum Gasteiger partial charge on any atom is -0.421 e. The summed E-state index contributed by atoms with van der Waals surface area (Å²) in [5.41, 5.74) is 0.319. The number of amides is 2. The molecule has 1 atom stereocenters. The number of carbonyl (C=O) groups is 1. The van der Waals surface area contributed by atoms with E-state index in [4.69, 9.17) is 4.42 Å². The summed E-state index contributed by atoms with van der Waals surface area (Å²) in [5, 5.41) is 23.1. The Labute approximate surface area is 140 Å². The van der Waals surface area contributed by atoms with Gasteiger partial charge in [0.1, 0.15) is 0 Å². The first-order valence-electron chi connectivity index (χ1n) is 8.15. The molecule has 7 nitrogen and oxygen atoms in total. The van der Waals surface area contributed by atoms with E-state index in [1.807, 2.05) is 37.3 Å². The number of carbonyl (C=O) groups excluding carboxylic acids is 1. The van der Waals surface area contributed by atoms with Gasteiger partial charge < -0.3 is 20.2 Å². The fourth-order valence-corrected chi connectivity index (χ4v) is 2.63. The van der Waals surface area contributed by atoms with Gasteiger partial charge >= 0.3 is 6.03 Å². The van der Waals surface area contributed by atoms with Crippen molar-refractivity contribution in [2.45, 2.75) is 31.7 Å². The third-order valence-electron chi connectivity index (χ3n) is 4.32. The molecular weight excluding hydrogens is 308 g/mol. The van der Waals surface area contributed by atoms with E-state index in [2.05, 4.69) is 20.8 Å². The predicted molar refractivity (Wildman–Crippen MR) is 88.2 cm³/mol. The molecule has 2 amide bonds. The fourth-order valence-electron chi connectivity index (χ4n) is 2.63. The van der Waals surface area contributed by atoms with E-state index in [-0.39, 0.29) is 12.6 Å². The summed E-state index contributed by atoms with van der Waals surface area (Å²) in [6.45, 7) is 2.19. The molecule has 1 unspecified atom stereocenters. The highest BCUT2D eigenvalue weighted by Crippen LogP contribution is 2.39. The molecule has 1 aromatic carbocycles. The van der Waals surface area contributed by atoms with Gasteiger partial charge in [-0.15, -0.1) is 10.2 Å². The summed E-state index contributed by atoms with van der Waals surface area (Å²) in [6, 6.07) is 9.24. The molecule has 1 aliphatic rings. The summed E-state index contributed by atoms with van der Waals surface area (Å²) in [5.74, 6) is 1.30. The second-order valence-electron chi connectivity index (χ2n) is 6.35. The first-order chi connectivity index (χ1) is 11.6. The van der Waals surface area contributed by atoms with Crippen molar-refractivity contribution in [3.63, 3.8) is 0 Å². The number of benzene rings is 1. The lowest BCUT2D eigenvalue weighted by atomic mass is 9.97. The van der Waals surface area contributed by atoms with Gasteiger partial charge in [-0.1, -0.05) is 18.2 Å². The molecule has 2 aromatic rings. The highest BCUT2D eigenvalue weighted by molar-refractivity contribution is 5.74. The van der Waals surface area contributed by atoms with E-state index < -0.39 is 5.54 Å². The van der Waals surface area contributed by atoms with Crippen molar-refractivity contribution in [3.8, 4) is 11.5 Å². The zero-order valence-corrected chi connectivity index (χ0v) is 13.7. The lowest BCUT2D eigenvalue weighted by Gasteiger charge is -2.28. The first-order valence-corrected chi connectivity index (χ1v) is 8.15. The maximum Gasteiger partial charge on any atom is 0.315 e. The van der Waals surface area contributed by atoms with Crippen LogP contribution >= 0.6 is 0 Å². The standard InChI is InChI=1S/C17H22N4O3/c1-17(11-22,13-7-8-13)19-16(23)18-10-9-14-20-21-15(24-14)12-5-3-2-4-6-12/h2-6,13,22H,7-11H2,1H3,(H2,18,19,23). The third kappa shape index (κ3) is 3.91. The molecule has 0 aliphatic heterocycles. The first kappa shape index (κ1) is 16.4. The van der Waals surface area contributed by atoms with E-state index in [0.717, 1.165) is 18.4 Å². The SMILES string of the molecule is CC(CO)(NC(=O)NCCc1nnc(-c2ccccc2)o1)C1CC1. The number of rotatable bonds is 7. The molecule has 0 radical (unpaired) electrons. The van der Waals surface area contributed by atoms with Crippen molar-refractivity contribution in [1.29, 1.82) is 0 Å². The molecular formula is C17H22N4O3. The number of aliphatic hydroxyl groups is 1. The summed E-state index contributed by atoms with van der Waals surface area (Å²) >= 11 is 0. The molecule has 7 heteroatoms. The van der Waals surface area contributed by atoms with Crippen LogP contribution in [0.5, 0.6) is 0 Å². The Morgan fingerprint density at radius 2 is 2.08 bits per heavy atom. The van der Waals surface area contributed by atoms with Crippen molar-refractivity contribution >= 4 is 6.03 Å². The Morgan fingerprint density at radius 3 is 2.75 bits per heavy atom. The van der Waals surface area contributed by atoms with Crippen LogP contribution in [0, 0.1) is 5.92 Å². The minimum absolute atomic E-state index is 0.0603. The average molecular weight is 330 g/mol. The smallest absolute Gasteiger partial charge is 0.315 e. The number of hydrogen-bond donors (Lipinski definition) is 3. The van der Waals surface area contributed by atoms with Gasteiger partial charge in [-0.2, -0.15) is 0 Å². The van der Waals surface area contributed by atoms with Crippen LogP contribution < -0.4 is 10.6 Å². The third-order valence-corrected chi connectivity index (χ3v) is 4.32. The van der Waals surface area contributed by atoms with Gasteiger partial charge in [-0.25, -0.2) is 4.79 Å². The van der Waals surface area contributed by atoms with Crippen molar-refractivity contribution in [1.82, 2.24) is 20.8 Å². The van der Waals surface area contributed by atoms with Gasteiger partial charge in [0.05, 0.1) is 12.1 Å². The van der Waals surface area contributed by atoms with Crippen LogP contribution in [-0.4, -0.2) is 40.0 Å². The Kier molecular flexibility index (Phi) is 4.80. The molecule has 0 bridgehead atoms. The maximum absolute atomic E-state index is 12.0. The molecule has 1 saturated carbocycles. The molecule has 1 heterocycles. The second kappa shape index (κ2) is 7.00. The zero-order chi connectivity index (χ0) is 17.0. The molecule has 1 aliphatic carbocycles. The van der Waals surface area contributed by atoms with E-state index in [1.54, 1.807) is 0 Å². The molecule has 24 heavy (non-hydrogen) atoms. The lowest BCUT2D eigenvalue weighted by Crippen LogP contribution is -2.54. The molecule has 3 rings (SSSR count). The van der Waals surface area contributed by atoms with Crippen molar-refractivity contribution in [2.24, 2.45) is 5.92 Å². The quantitative estimate of drug-likeness (QED) is 0.718. The zero-order valence-electron chi connectivity index (χ0n) is 13.7. The Balaban J connectivity index is 1.46. The monoisotopic (exact) mass is 330 g/mol. The van der Waals surface area contributed by atoms with Crippen LogP contribution in [0.1, 0.15) is 25.7 Å². The summed E-state index contributed by atoms with van der Waals surface area (Å²) in [6.07, 6.45) is 2.54. The summed E-state index contributed by atoms with van der Waals surface area (Å²) < 4.78 is 5.59. The number of hydrogen-bond acceptors (Lipinski definition) is 5. The number of nitrogens with one attached hydrogen (secondary N) is 2. The lowest BCUT2D eigenvalue weighted by molar-refractivity contribution is 0.155. The molecule has 0 saturated heterocycles. The van der Waals surface area contributed by atoms with Crippen molar-refractivity contribution in [3.05, 3.63) is 36.2 Å². The van der Waals surface area contributed by atoms with Crippen LogP contribution in [0.2, 0.25) is 0 Å². The largest absolute Gasteiger partial charge is 0.421 e. The number of aliphatic hydroxyl groups excluding tert-OH is 1.